The molecule has 23 heavy (non-hydrogen) atoms. The highest BCUT2D eigenvalue weighted by Gasteiger charge is 2.11. The number of hydrogen-bond donors (Lipinski definition) is 0. The zero-order chi connectivity index (χ0) is 15.6. The molecule has 0 fully saturated rings. The van der Waals surface area contributed by atoms with Crippen LogP contribution in [0.5, 0.6) is 0 Å². The van der Waals surface area contributed by atoms with Crippen molar-refractivity contribution in [3.63, 3.8) is 0 Å². The van der Waals surface area contributed by atoms with Gasteiger partial charge in [0.15, 0.2) is 10.0 Å². The number of thiazole rings is 2. The van der Waals surface area contributed by atoms with Crippen LogP contribution in [0, 0.1) is 0 Å². The van der Waals surface area contributed by atoms with E-state index in [-0.39, 0.29) is 0 Å². The maximum Gasteiger partial charge on any atom is 0.152 e. The predicted molar refractivity (Wildman–Crippen MR) is 99.1 cm³/mol. The van der Waals surface area contributed by atoms with Crippen LogP contribution in [-0.4, -0.2) is 9.97 Å². The van der Waals surface area contributed by atoms with Gasteiger partial charge in [-0.1, -0.05) is 54.1 Å². The van der Waals surface area contributed by atoms with Gasteiger partial charge in [-0.05, 0) is 12.1 Å². The van der Waals surface area contributed by atoms with E-state index in [0.29, 0.717) is 0 Å². The molecule has 2 heterocycles. The van der Waals surface area contributed by atoms with Crippen molar-refractivity contribution in [1.29, 1.82) is 0 Å². The van der Waals surface area contributed by atoms with Gasteiger partial charge in [0.25, 0.3) is 0 Å². The highest BCUT2D eigenvalue weighted by molar-refractivity contribution is 7.20. The minimum Gasteiger partial charge on any atom is -0.233 e. The summed E-state index contributed by atoms with van der Waals surface area (Å²) in [6.07, 6.45) is 0. The fourth-order valence-corrected chi connectivity index (χ4v) is 4.07. The first-order chi connectivity index (χ1) is 11.3. The number of rotatable bonds is 3. The zero-order valence-electron chi connectivity index (χ0n) is 11.9. The van der Waals surface area contributed by atoms with E-state index in [0.717, 1.165) is 37.6 Å². The molecule has 4 aromatic rings. The second-order valence-corrected chi connectivity index (χ2v) is 7.10. The SMILES string of the molecule is Clc1ccc(-c2csc(-c3nc(-c4ccccc4)cs3)n2)cc1. The number of benzene rings is 2. The smallest absolute Gasteiger partial charge is 0.152 e. The number of halogens is 1. The molecular weight excluding hydrogens is 344 g/mol. The Morgan fingerprint density at radius 3 is 1.74 bits per heavy atom. The third-order valence-electron chi connectivity index (χ3n) is 3.40. The summed E-state index contributed by atoms with van der Waals surface area (Å²) in [7, 11) is 0. The summed E-state index contributed by atoms with van der Waals surface area (Å²) >= 11 is 9.17. The molecule has 0 saturated carbocycles. The predicted octanol–water partition coefficient (Wildman–Crippen LogP) is 6.25. The van der Waals surface area contributed by atoms with Crippen molar-refractivity contribution in [2.24, 2.45) is 0 Å². The van der Waals surface area contributed by atoms with E-state index in [9.17, 15) is 0 Å². The van der Waals surface area contributed by atoms with Crippen molar-refractivity contribution in [3.8, 4) is 32.5 Å². The molecule has 4 rings (SSSR count). The molecule has 0 spiro atoms. The number of hydrogen-bond acceptors (Lipinski definition) is 4. The van der Waals surface area contributed by atoms with Gasteiger partial charge in [0.2, 0.25) is 0 Å². The van der Waals surface area contributed by atoms with Crippen molar-refractivity contribution in [1.82, 2.24) is 9.97 Å². The van der Waals surface area contributed by atoms with Gasteiger partial charge < -0.3 is 0 Å². The third kappa shape index (κ3) is 3.06. The van der Waals surface area contributed by atoms with Crippen molar-refractivity contribution < 1.29 is 0 Å². The monoisotopic (exact) mass is 354 g/mol. The highest BCUT2D eigenvalue weighted by Crippen LogP contribution is 2.33. The van der Waals surface area contributed by atoms with E-state index in [1.807, 2.05) is 42.5 Å². The van der Waals surface area contributed by atoms with Crippen LogP contribution < -0.4 is 0 Å². The summed E-state index contributed by atoms with van der Waals surface area (Å²) in [6, 6.07) is 17.9. The van der Waals surface area contributed by atoms with E-state index >= 15 is 0 Å². The van der Waals surface area contributed by atoms with Gasteiger partial charge in [-0.2, -0.15) is 0 Å². The molecule has 2 nitrogen and oxygen atoms in total. The van der Waals surface area contributed by atoms with Crippen molar-refractivity contribution >= 4 is 34.3 Å². The molecule has 0 N–H and O–H groups in total. The lowest BCUT2D eigenvalue weighted by molar-refractivity contribution is 1.35. The summed E-state index contributed by atoms with van der Waals surface area (Å²) in [5.41, 5.74) is 4.15. The first kappa shape index (κ1) is 14.6. The average molecular weight is 355 g/mol. The maximum absolute atomic E-state index is 5.94. The largest absolute Gasteiger partial charge is 0.233 e. The molecular formula is C18H11ClN2S2. The fraction of sp³-hybridized carbons (Fsp3) is 0. The van der Waals surface area contributed by atoms with E-state index in [1.165, 1.54) is 0 Å². The van der Waals surface area contributed by atoms with Crippen LogP contribution in [0.3, 0.4) is 0 Å². The Morgan fingerprint density at radius 2 is 1.17 bits per heavy atom. The Kier molecular flexibility index (Phi) is 3.95. The molecule has 0 unspecified atom stereocenters. The standard InChI is InChI=1S/C18H11ClN2S2/c19-14-8-6-13(7-9-14)16-11-23-18(21-16)17-20-15(10-22-17)12-4-2-1-3-5-12/h1-11H. The van der Waals surface area contributed by atoms with Gasteiger partial charge in [0.05, 0.1) is 11.4 Å². The number of nitrogens with zero attached hydrogens (tertiary/aromatic N) is 2. The summed E-state index contributed by atoms with van der Waals surface area (Å²) in [5.74, 6) is 0. The van der Waals surface area contributed by atoms with Crippen molar-refractivity contribution in [3.05, 3.63) is 70.4 Å². The normalized spacial score (nSPS) is 10.8. The first-order valence-electron chi connectivity index (χ1n) is 7.02. The molecule has 0 saturated heterocycles. The van der Waals surface area contributed by atoms with Gasteiger partial charge in [0, 0.05) is 26.9 Å². The number of aromatic nitrogens is 2. The fourth-order valence-electron chi connectivity index (χ4n) is 2.24. The van der Waals surface area contributed by atoms with Crippen LogP contribution in [0.15, 0.2) is 65.4 Å². The third-order valence-corrected chi connectivity index (χ3v) is 5.48. The molecule has 0 aliphatic carbocycles. The van der Waals surface area contributed by atoms with Crippen LogP contribution in [0.1, 0.15) is 0 Å². The summed E-state index contributed by atoms with van der Waals surface area (Å²) < 4.78 is 0. The van der Waals surface area contributed by atoms with Crippen LogP contribution in [0.25, 0.3) is 32.5 Å². The first-order valence-corrected chi connectivity index (χ1v) is 9.16. The summed E-state index contributed by atoms with van der Waals surface area (Å²) in [5, 5.41) is 6.77. The summed E-state index contributed by atoms with van der Waals surface area (Å²) in [6.45, 7) is 0. The highest BCUT2D eigenvalue weighted by atomic mass is 35.5. The quantitative estimate of drug-likeness (QED) is 0.434. The lowest BCUT2D eigenvalue weighted by Crippen LogP contribution is -1.80. The van der Waals surface area contributed by atoms with Crippen LogP contribution >= 0.6 is 34.3 Å². The lowest BCUT2D eigenvalue weighted by Gasteiger charge is -1.96. The molecule has 0 atom stereocenters. The molecule has 0 amide bonds. The summed E-state index contributed by atoms with van der Waals surface area (Å²) in [4.78, 5) is 9.43. The van der Waals surface area contributed by atoms with Crippen molar-refractivity contribution in [2.45, 2.75) is 0 Å². The van der Waals surface area contributed by atoms with E-state index in [2.05, 4.69) is 22.9 Å². The van der Waals surface area contributed by atoms with Gasteiger partial charge >= 0.3 is 0 Å². The molecule has 5 heteroatoms. The molecule has 2 aromatic heterocycles. The zero-order valence-corrected chi connectivity index (χ0v) is 14.3. The van der Waals surface area contributed by atoms with Crippen LogP contribution in [-0.2, 0) is 0 Å². The lowest BCUT2D eigenvalue weighted by atomic mass is 10.2. The van der Waals surface area contributed by atoms with Crippen LogP contribution in [0.4, 0.5) is 0 Å². The maximum atomic E-state index is 5.94. The van der Waals surface area contributed by atoms with Gasteiger partial charge in [-0.25, -0.2) is 9.97 Å². The van der Waals surface area contributed by atoms with Gasteiger partial charge in [0.1, 0.15) is 0 Å². The Hall–Kier alpha value is -2.01. The van der Waals surface area contributed by atoms with Gasteiger partial charge in [-0.15, -0.1) is 22.7 Å². The van der Waals surface area contributed by atoms with Crippen molar-refractivity contribution in [2.75, 3.05) is 0 Å². The van der Waals surface area contributed by atoms with E-state index in [1.54, 1.807) is 22.7 Å². The Bertz CT molecular complexity index is 927. The average Bonchev–Trinajstić information content (AvgIpc) is 3.26. The second kappa shape index (κ2) is 6.24. The minimum atomic E-state index is 0.733. The molecule has 2 aromatic carbocycles. The van der Waals surface area contributed by atoms with E-state index in [4.69, 9.17) is 21.6 Å². The molecule has 0 aliphatic heterocycles. The Balaban J connectivity index is 1.65. The molecule has 112 valence electrons. The van der Waals surface area contributed by atoms with Crippen LogP contribution in [0.2, 0.25) is 5.02 Å². The Labute approximate surface area is 147 Å². The molecule has 0 aliphatic rings. The van der Waals surface area contributed by atoms with E-state index < -0.39 is 0 Å². The topological polar surface area (TPSA) is 25.8 Å². The molecule has 0 radical (unpaired) electrons. The molecule has 0 bridgehead atoms. The minimum absolute atomic E-state index is 0.733. The second-order valence-electron chi connectivity index (χ2n) is 4.95. The van der Waals surface area contributed by atoms with Gasteiger partial charge in [-0.3, -0.25) is 0 Å². The Morgan fingerprint density at radius 1 is 0.652 bits per heavy atom.